The topological polar surface area (TPSA) is 24.5 Å². The van der Waals surface area contributed by atoms with E-state index in [0.29, 0.717) is 6.61 Å². The number of ether oxygens (including phenoxy) is 1. The van der Waals surface area contributed by atoms with Gasteiger partial charge in [-0.05, 0) is 36.8 Å². The van der Waals surface area contributed by atoms with Gasteiger partial charge in [0, 0.05) is 32.0 Å². The van der Waals surface area contributed by atoms with E-state index in [1.165, 1.54) is 11.3 Å². The second kappa shape index (κ2) is 6.85. The Morgan fingerprint density at radius 1 is 1.05 bits per heavy atom. The van der Waals surface area contributed by atoms with Crippen molar-refractivity contribution >= 4 is 11.4 Å². The molecule has 20 heavy (non-hydrogen) atoms. The number of rotatable bonds is 6. The Kier molecular flexibility index (Phi) is 4.88. The number of para-hydroxylation sites is 1. The molecule has 0 aliphatic heterocycles. The summed E-state index contributed by atoms with van der Waals surface area (Å²) in [6.45, 7) is 3.55. The zero-order valence-corrected chi connectivity index (χ0v) is 12.4. The van der Waals surface area contributed by atoms with Crippen molar-refractivity contribution < 1.29 is 4.74 Å². The number of hydrogen-bond acceptors (Lipinski definition) is 3. The second-order valence-electron chi connectivity index (χ2n) is 4.98. The van der Waals surface area contributed by atoms with Gasteiger partial charge in [0.2, 0.25) is 0 Å². The van der Waals surface area contributed by atoms with Gasteiger partial charge in [0.1, 0.15) is 12.4 Å². The van der Waals surface area contributed by atoms with Gasteiger partial charge in [-0.2, -0.15) is 0 Å². The van der Waals surface area contributed by atoms with E-state index in [1.54, 1.807) is 0 Å². The van der Waals surface area contributed by atoms with E-state index in [4.69, 9.17) is 4.74 Å². The Bertz CT molecular complexity index is 538. The molecule has 0 atom stereocenters. The number of benzene rings is 2. The van der Waals surface area contributed by atoms with Gasteiger partial charge in [0.15, 0.2) is 0 Å². The molecular formula is C17H22N2O. The molecule has 0 radical (unpaired) electrons. The maximum Gasteiger partial charge on any atom is 0.119 e. The van der Waals surface area contributed by atoms with Crippen LogP contribution in [0, 0.1) is 6.92 Å². The van der Waals surface area contributed by atoms with E-state index in [9.17, 15) is 0 Å². The predicted molar refractivity (Wildman–Crippen MR) is 85.9 cm³/mol. The molecule has 0 heterocycles. The largest absolute Gasteiger partial charge is 0.492 e. The van der Waals surface area contributed by atoms with Crippen LogP contribution >= 0.6 is 0 Å². The fourth-order valence-electron chi connectivity index (χ4n) is 2.08. The molecule has 106 valence electrons. The molecular weight excluding hydrogens is 248 g/mol. The van der Waals surface area contributed by atoms with Gasteiger partial charge < -0.3 is 15.0 Å². The van der Waals surface area contributed by atoms with Crippen molar-refractivity contribution in [3.63, 3.8) is 0 Å². The summed E-state index contributed by atoms with van der Waals surface area (Å²) in [6, 6.07) is 16.3. The van der Waals surface area contributed by atoms with Crippen molar-refractivity contribution in [2.75, 3.05) is 37.5 Å². The summed E-state index contributed by atoms with van der Waals surface area (Å²) in [7, 11) is 4.12. The minimum atomic E-state index is 0.648. The van der Waals surface area contributed by atoms with Crippen LogP contribution in [-0.2, 0) is 0 Å². The maximum atomic E-state index is 5.66. The zero-order chi connectivity index (χ0) is 14.4. The fraction of sp³-hybridized carbons (Fsp3) is 0.294. The molecule has 0 unspecified atom stereocenters. The van der Waals surface area contributed by atoms with Gasteiger partial charge in [0.05, 0.1) is 0 Å². The minimum Gasteiger partial charge on any atom is -0.492 e. The van der Waals surface area contributed by atoms with Crippen molar-refractivity contribution in [3.05, 3.63) is 54.1 Å². The zero-order valence-electron chi connectivity index (χ0n) is 12.4. The van der Waals surface area contributed by atoms with E-state index in [-0.39, 0.29) is 0 Å². The highest BCUT2D eigenvalue weighted by Gasteiger charge is 2.02. The first kappa shape index (κ1) is 14.3. The van der Waals surface area contributed by atoms with Gasteiger partial charge in [0.25, 0.3) is 0 Å². The molecule has 0 aliphatic carbocycles. The molecule has 3 nitrogen and oxygen atoms in total. The van der Waals surface area contributed by atoms with Crippen LogP contribution in [0.2, 0.25) is 0 Å². The summed E-state index contributed by atoms with van der Waals surface area (Å²) in [4.78, 5) is 2.13. The Morgan fingerprint density at radius 2 is 1.80 bits per heavy atom. The van der Waals surface area contributed by atoms with E-state index in [1.807, 2.05) is 30.3 Å². The molecule has 0 aromatic heterocycles. The first-order valence-corrected chi connectivity index (χ1v) is 6.86. The molecule has 0 fully saturated rings. The quantitative estimate of drug-likeness (QED) is 0.812. The third-order valence-electron chi connectivity index (χ3n) is 3.13. The fourth-order valence-corrected chi connectivity index (χ4v) is 2.08. The van der Waals surface area contributed by atoms with Crippen LogP contribution in [0.5, 0.6) is 5.75 Å². The Hall–Kier alpha value is -2.16. The minimum absolute atomic E-state index is 0.648. The van der Waals surface area contributed by atoms with Gasteiger partial charge in [-0.15, -0.1) is 0 Å². The lowest BCUT2D eigenvalue weighted by atomic mass is 10.1. The van der Waals surface area contributed by atoms with Crippen LogP contribution in [0.1, 0.15) is 5.56 Å². The van der Waals surface area contributed by atoms with Gasteiger partial charge >= 0.3 is 0 Å². The van der Waals surface area contributed by atoms with Crippen molar-refractivity contribution in [3.8, 4) is 5.75 Å². The van der Waals surface area contributed by atoms with E-state index in [0.717, 1.165) is 18.0 Å². The normalized spacial score (nSPS) is 10.2. The van der Waals surface area contributed by atoms with Crippen LogP contribution in [0.25, 0.3) is 0 Å². The molecule has 1 N–H and O–H groups in total. The van der Waals surface area contributed by atoms with Crippen LogP contribution in [0.4, 0.5) is 11.4 Å². The third kappa shape index (κ3) is 3.92. The van der Waals surface area contributed by atoms with Gasteiger partial charge in [-0.1, -0.05) is 24.3 Å². The average Bonchev–Trinajstić information content (AvgIpc) is 2.46. The molecule has 2 aromatic carbocycles. The highest BCUT2D eigenvalue weighted by molar-refractivity contribution is 5.61. The summed E-state index contributed by atoms with van der Waals surface area (Å²) in [6.07, 6.45) is 0. The monoisotopic (exact) mass is 270 g/mol. The summed E-state index contributed by atoms with van der Waals surface area (Å²) in [5.74, 6) is 0.909. The smallest absolute Gasteiger partial charge is 0.119 e. The Labute approximate surface area is 121 Å². The summed E-state index contributed by atoms with van der Waals surface area (Å²) < 4.78 is 5.66. The number of nitrogens with one attached hydrogen (secondary N) is 1. The molecule has 3 heteroatoms. The standard InChI is InChI=1S/C17H22N2O/c1-14-9-10-15(13-17(14)19(2)3)18-11-12-20-16-7-5-4-6-8-16/h4-10,13,18H,11-12H2,1-3H3. The maximum absolute atomic E-state index is 5.66. The van der Waals surface area contributed by atoms with E-state index in [2.05, 4.69) is 49.4 Å². The lowest BCUT2D eigenvalue weighted by Crippen LogP contribution is -2.13. The van der Waals surface area contributed by atoms with Crippen LogP contribution in [-0.4, -0.2) is 27.2 Å². The lowest BCUT2D eigenvalue weighted by molar-refractivity contribution is 0.333. The lowest BCUT2D eigenvalue weighted by Gasteiger charge is -2.17. The molecule has 0 aliphatic rings. The molecule has 2 rings (SSSR count). The van der Waals surface area contributed by atoms with Crippen molar-refractivity contribution in [1.82, 2.24) is 0 Å². The average molecular weight is 270 g/mol. The van der Waals surface area contributed by atoms with Crippen LogP contribution in [0.15, 0.2) is 48.5 Å². The molecule has 0 amide bonds. The molecule has 0 saturated carbocycles. The van der Waals surface area contributed by atoms with Crippen LogP contribution in [0.3, 0.4) is 0 Å². The Morgan fingerprint density at radius 3 is 2.50 bits per heavy atom. The highest BCUT2D eigenvalue weighted by Crippen LogP contribution is 2.22. The first-order chi connectivity index (χ1) is 9.66. The van der Waals surface area contributed by atoms with E-state index >= 15 is 0 Å². The highest BCUT2D eigenvalue weighted by atomic mass is 16.5. The summed E-state index contributed by atoms with van der Waals surface area (Å²) >= 11 is 0. The second-order valence-corrected chi connectivity index (χ2v) is 4.98. The number of nitrogens with zero attached hydrogens (tertiary/aromatic N) is 1. The predicted octanol–water partition coefficient (Wildman–Crippen LogP) is 3.55. The summed E-state index contributed by atoms with van der Waals surface area (Å²) in [5, 5.41) is 3.39. The van der Waals surface area contributed by atoms with Gasteiger partial charge in [-0.3, -0.25) is 0 Å². The first-order valence-electron chi connectivity index (χ1n) is 6.86. The third-order valence-corrected chi connectivity index (χ3v) is 3.13. The van der Waals surface area contributed by atoms with E-state index < -0.39 is 0 Å². The Balaban J connectivity index is 1.84. The summed E-state index contributed by atoms with van der Waals surface area (Å²) in [5.41, 5.74) is 3.64. The number of anilines is 2. The molecule has 0 saturated heterocycles. The van der Waals surface area contributed by atoms with Crippen molar-refractivity contribution in [1.29, 1.82) is 0 Å². The van der Waals surface area contributed by atoms with Crippen molar-refractivity contribution in [2.24, 2.45) is 0 Å². The van der Waals surface area contributed by atoms with Crippen molar-refractivity contribution in [2.45, 2.75) is 6.92 Å². The molecule has 2 aromatic rings. The number of hydrogen-bond donors (Lipinski definition) is 1. The van der Waals surface area contributed by atoms with Gasteiger partial charge in [-0.25, -0.2) is 0 Å². The molecule has 0 spiro atoms. The number of aryl methyl sites for hydroxylation is 1. The molecule has 0 bridgehead atoms. The van der Waals surface area contributed by atoms with Crippen LogP contribution < -0.4 is 15.0 Å². The SMILES string of the molecule is Cc1ccc(NCCOc2ccccc2)cc1N(C)C.